The second-order valence-corrected chi connectivity index (χ2v) is 7.67. The van der Waals surface area contributed by atoms with Crippen LogP contribution in [-0.4, -0.2) is 4.98 Å². The molecular formula is C28H19NO. The lowest BCUT2D eigenvalue weighted by Crippen LogP contribution is -1.89. The van der Waals surface area contributed by atoms with Gasteiger partial charge in [0.15, 0.2) is 0 Å². The zero-order chi connectivity index (χ0) is 20.1. The van der Waals surface area contributed by atoms with Gasteiger partial charge >= 0.3 is 0 Å². The van der Waals surface area contributed by atoms with Gasteiger partial charge in [-0.05, 0) is 58.7 Å². The van der Waals surface area contributed by atoms with Crippen molar-refractivity contribution in [3.05, 3.63) is 103 Å². The zero-order valence-corrected chi connectivity index (χ0v) is 16.6. The summed E-state index contributed by atoms with van der Waals surface area (Å²) < 4.78 is 6.22. The summed E-state index contributed by atoms with van der Waals surface area (Å²) in [5.74, 6) is 0. The number of pyridine rings is 1. The van der Waals surface area contributed by atoms with Crippen LogP contribution < -0.4 is 0 Å². The summed E-state index contributed by atoms with van der Waals surface area (Å²) in [6, 6.07) is 31.6. The van der Waals surface area contributed by atoms with Gasteiger partial charge in [0.25, 0.3) is 0 Å². The van der Waals surface area contributed by atoms with Crippen LogP contribution in [0.1, 0.15) is 5.56 Å². The van der Waals surface area contributed by atoms with Crippen LogP contribution in [0, 0.1) is 6.92 Å². The molecule has 142 valence electrons. The van der Waals surface area contributed by atoms with Crippen molar-refractivity contribution in [2.75, 3.05) is 0 Å². The van der Waals surface area contributed by atoms with Crippen LogP contribution in [0.2, 0.25) is 0 Å². The van der Waals surface area contributed by atoms with E-state index in [1.807, 2.05) is 24.4 Å². The van der Waals surface area contributed by atoms with Gasteiger partial charge in [-0.25, -0.2) is 0 Å². The lowest BCUT2D eigenvalue weighted by molar-refractivity contribution is 0.670. The van der Waals surface area contributed by atoms with Gasteiger partial charge in [-0.1, -0.05) is 66.7 Å². The van der Waals surface area contributed by atoms with Crippen LogP contribution in [0.4, 0.5) is 0 Å². The van der Waals surface area contributed by atoms with Crippen molar-refractivity contribution < 1.29 is 4.42 Å². The van der Waals surface area contributed by atoms with Gasteiger partial charge in [-0.2, -0.15) is 0 Å². The lowest BCUT2D eigenvalue weighted by atomic mass is 9.94. The molecule has 0 aliphatic heterocycles. The molecule has 2 heterocycles. The van der Waals surface area contributed by atoms with Crippen LogP contribution in [0.15, 0.2) is 102 Å². The number of para-hydroxylation sites is 2. The molecule has 0 radical (unpaired) electrons. The summed E-state index contributed by atoms with van der Waals surface area (Å²) >= 11 is 0. The normalized spacial score (nSPS) is 11.5. The maximum Gasteiger partial charge on any atom is 0.144 e. The molecule has 0 fully saturated rings. The van der Waals surface area contributed by atoms with E-state index in [1.54, 1.807) is 0 Å². The monoisotopic (exact) mass is 385 g/mol. The van der Waals surface area contributed by atoms with Gasteiger partial charge in [0.05, 0.1) is 5.69 Å². The Morgan fingerprint density at radius 1 is 0.667 bits per heavy atom. The fourth-order valence-electron chi connectivity index (χ4n) is 4.43. The van der Waals surface area contributed by atoms with E-state index in [0.29, 0.717) is 0 Å². The van der Waals surface area contributed by atoms with Gasteiger partial charge in [-0.15, -0.1) is 0 Å². The van der Waals surface area contributed by atoms with E-state index in [0.717, 1.165) is 38.8 Å². The molecule has 4 aromatic carbocycles. The number of hydrogen-bond acceptors (Lipinski definition) is 2. The second-order valence-electron chi connectivity index (χ2n) is 7.67. The molecule has 2 nitrogen and oxygen atoms in total. The first-order chi connectivity index (χ1) is 14.8. The van der Waals surface area contributed by atoms with Crippen molar-refractivity contribution in [2.45, 2.75) is 6.92 Å². The Morgan fingerprint density at radius 3 is 2.40 bits per heavy atom. The molecule has 0 bridgehead atoms. The quantitative estimate of drug-likeness (QED) is 0.304. The molecule has 0 aliphatic carbocycles. The van der Waals surface area contributed by atoms with Crippen LogP contribution in [0.5, 0.6) is 0 Å². The number of nitrogens with zero attached hydrogens (tertiary/aromatic N) is 1. The number of furan rings is 1. The van der Waals surface area contributed by atoms with E-state index in [9.17, 15) is 0 Å². The van der Waals surface area contributed by atoms with E-state index >= 15 is 0 Å². The Bertz CT molecular complexity index is 1560. The van der Waals surface area contributed by atoms with Gasteiger partial charge in [0.2, 0.25) is 0 Å². The maximum atomic E-state index is 6.22. The fraction of sp³-hybridized carbons (Fsp3) is 0.0357. The molecule has 6 aromatic rings. The highest BCUT2D eigenvalue weighted by atomic mass is 16.3. The van der Waals surface area contributed by atoms with E-state index in [4.69, 9.17) is 4.42 Å². The molecule has 30 heavy (non-hydrogen) atoms. The summed E-state index contributed by atoms with van der Waals surface area (Å²) in [4.78, 5) is 4.69. The zero-order valence-electron chi connectivity index (χ0n) is 16.6. The Balaban J connectivity index is 1.55. The highest BCUT2D eigenvalue weighted by molar-refractivity contribution is 6.09. The van der Waals surface area contributed by atoms with Crippen LogP contribution in [0.25, 0.3) is 55.1 Å². The average molecular weight is 385 g/mol. The van der Waals surface area contributed by atoms with Crippen LogP contribution in [0.3, 0.4) is 0 Å². The Hall–Kier alpha value is -3.91. The number of fused-ring (bicyclic) bond motifs is 4. The van der Waals surface area contributed by atoms with Gasteiger partial charge in [0.1, 0.15) is 11.2 Å². The summed E-state index contributed by atoms with van der Waals surface area (Å²) in [5.41, 5.74) is 7.41. The first-order valence-electron chi connectivity index (χ1n) is 10.1. The molecule has 0 unspecified atom stereocenters. The van der Waals surface area contributed by atoms with E-state index in [2.05, 4.69) is 84.7 Å². The molecule has 6 rings (SSSR count). The van der Waals surface area contributed by atoms with Crippen molar-refractivity contribution in [2.24, 2.45) is 0 Å². The lowest BCUT2D eigenvalue weighted by Gasteiger charge is -2.11. The van der Waals surface area contributed by atoms with Crippen molar-refractivity contribution in [3.8, 4) is 22.4 Å². The largest absolute Gasteiger partial charge is 0.455 e. The van der Waals surface area contributed by atoms with Gasteiger partial charge in [0, 0.05) is 22.5 Å². The second kappa shape index (κ2) is 6.57. The average Bonchev–Trinajstić information content (AvgIpc) is 3.18. The van der Waals surface area contributed by atoms with Crippen LogP contribution >= 0.6 is 0 Å². The minimum atomic E-state index is 0.888. The standard InChI is InChI=1S/C28H19NO/c1-18-21-8-3-2-7-19(21)13-14-22(18)20-15-16-29-26(17-20)25-11-6-10-24-23-9-4-5-12-27(23)30-28(24)25/h2-17H,1H3. The first kappa shape index (κ1) is 17.0. The molecule has 0 aliphatic rings. The number of benzene rings is 4. The summed E-state index contributed by atoms with van der Waals surface area (Å²) in [5, 5.41) is 4.81. The molecule has 0 amide bonds. The Labute approximate surface area is 174 Å². The van der Waals surface area contributed by atoms with Crippen LogP contribution in [-0.2, 0) is 0 Å². The van der Waals surface area contributed by atoms with Gasteiger partial charge in [-0.3, -0.25) is 4.98 Å². The Morgan fingerprint density at radius 2 is 1.47 bits per heavy atom. The SMILES string of the molecule is Cc1c(-c2ccnc(-c3cccc4c3oc3ccccc34)c2)ccc2ccccc12. The maximum absolute atomic E-state index is 6.22. The van der Waals surface area contributed by atoms with Crippen molar-refractivity contribution in [3.63, 3.8) is 0 Å². The molecule has 0 saturated heterocycles. The number of rotatable bonds is 2. The van der Waals surface area contributed by atoms with E-state index < -0.39 is 0 Å². The van der Waals surface area contributed by atoms with Gasteiger partial charge < -0.3 is 4.42 Å². The topological polar surface area (TPSA) is 26.0 Å². The molecule has 2 aromatic heterocycles. The predicted molar refractivity (Wildman–Crippen MR) is 125 cm³/mol. The predicted octanol–water partition coefficient (Wildman–Crippen LogP) is 7.78. The highest BCUT2D eigenvalue weighted by Gasteiger charge is 2.14. The highest BCUT2D eigenvalue weighted by Crippen LogP contribution is 2.37. The number of aryl methyl sites for hydroxylation is 1. The molecule has 0 saturated carbocycles. The minimum absolute atomic E-state index is 0.888. The Kier molecular flexibility index (Phi) is 3.72. The van der Waals surface area contributed by atoms with E-state index in [-0.39, 0.29) is 0 Å². The molecular weight excluding hydrogens is 366 g/mol. The first-order valence-corrected chi connectivity index (χ1v) is 10.1. The fourth-order valence-corrected chi connectivity index (χ4v) is 4.43. The third-order valence-electron chi connectivity index (χ3n) is 5.95. The molecule has 2 heteroatoms. The molecule has 0 N–H and O–H groups in total. The third-order valence-corrected chi connectivity index (χ3v) is 5.95. The smallest absolute Gasteiger partial charge is 0.144 e. The molecule has 0 spiro atoms. The molecule has 0 atom stereocenters. The third kappa shape index (κ3) is 2.54. The summed E-state index contributed by atoms with van der Waals surface area (Å²) in [6.07, 6.45) is 1.89. The van der Waals surface area contributed by atoms with Crippen molar-refractivity contribution in [1.82, 2.24) is 4.98 Å². The van der Waals surface area contributed by atoms with Crippen molar-refractivity contribution >= 4 is 32.7 Å². The summed E-state index contributed by atoms with van der Waals surface area (Å²) in [6.45, 7) is 2.19. The number of hydrogen-bond donors (Lipinski definition) is 0. The summed E-state index contributed by atoms with van der Waals surface area (Å²) in [7, 11) is 0. The minimum Gasteiger partial charge on any atom is -0.455 e. The van der Waals surface area contributed by atoms with E-state index in [1.165, 1.54) is 21.9 Å². The van der Waals surface area contributed by atoms with Crippen molar-refractivity contribution in [1.29, 1.82) is 0 Å². The number of aromatic nitrogens is 1.